The largest absolute Gasteiger partial charge is 0.387 e. The third kappa shape index (κ3) is 4.43. The minimum Gasteiger partial charge on any atom is -0.387 e. The van der Waals surface area contributed by atoms with Crippen LogP contribution in [-0.2, 0) is 10.2 Å². The summed E-state index contributed by atoms with van der Waals surface area (Å²) in [6, 6.07) is 6.81. The molecule has 0 spiro atoms. The van der Waals surface area contributed by atoms with Crippen molar-refractivity contribution >= 4 is 21.8 Å². The van der Waals surface area contributed by atoms with Gasteiger partial charge in [-0.2, -0.15) is 17.4 Å². The summed E-state index contributed by atoms with van der Waals surface area (Å²) in [4.78, 5) is 0. The Bertz CT molecular complexity index is 503. The van der Waals surface area contributed by atoms with E-state index in [-0.39, 0.29) is 6.54 Å². The quantitative estimate of drug-likeness (QED) is 0.803. The van der Waals surface area contributed by atoms with Crippen LogP contribution in [0.25, 0.3) is 0 Å². The van der Waals surface area contributed by atoms with Crippen molar-refractivity contribution < 1.29 is 13.5 Å². The smallest absolute Gasteiger partial charge is 0.279 e. The lowest BCUT2D eigenvalue weighted by Crippen LogP contribution is -2.42. The number of hydrogen-bond donors (Lipinski definition) is 2. The molecular formula is C12H19ClN2O3S. The SMILES string of the molecule is CCN(CC)S(=O)(=O)NCC(O)c1ccccc1Cl. The van der Waals surface area contributed by atoms with Crippen LogP contribution in [0.5, 0.6) is 0 Å². The highest BCUT2D eigenvalue weighted by atomic mass is 35.5. The molecule has 0 amide bonds. The van der Waals surface area contributed by atoms with E-state index in [1.54, 1.807) is 38.1 Å². The molecule has 0 aromatic heterocycles. The lowest BCUT2D eigenvalue weighted by Gasteiger charge is -2.20. The van der Waals surface area contributed by atoms with Crippen LogP contribution >= 0.6 is 11.6 Å². The van der Waals surface area contributed by atoms with Crippen molar-refractivity contribution in [1.29, 1.82) is 0 Å². The topological polar surface area (TPSA) is 69.6 Å². The zero-order valence-corrected chi connectivity index (χ0v) is 12.6. The van der Waals surface area contributed by atoms with Crippen LogP contribution in [0.1, 0.15) is 25.5 Å². The first-order valence-electron chi connectivity index (χ1n) is 6.09. The Morgan fingerprint density at radius 3 is 2.42 bits per heavy atom. The number of aliphatic hydroxyl groups excluding tert-OH is 1. The summed E-state index contributed by atoms with van der Waals surface area (Å²) < 4.78 is 27.4. The average molecular weight is 307 g/mol. The van der Waals surface area contributed by atoms with Gasteiger partial charge in [-0.05, 0) is 6.07 Å². The number of rotatable bonds is 7. The molecule has 2 N–H and O–H groups in total. The van der Waals surface area contributed by atoms with Gasteiger partial charge in [0, 0.05) is 30.2 Å². The van der Waals surface area contributed by atoms with Crippen molar-refractivity contribution in [3.63, 3.8) is 0 Å². The third-order valence-electron chi connectivity index (χ3n) is 2.77. The Balaban J connectivity index is 2.69. The van der Waals surface area contributed by atoms with E-state index in [9.17, 15) is 13.5 Å². The molecule has 19 heavy (non-hydrogen) atoms. The predicted molar refractivity (Wildman–Crippen MR) is 76.3 cm³/mol. The van der Waals surface area contributed by atoms with Crippen molar-refractivity contribution in [2.75, 3.05) is 19.6 Å². The van der Waals surface area contributed by atoms with Crippen molar-refractivity contribution in [1.82, 2.24) is 9.03 Å². The number of halogens is 1. The van der Waals surface area contributed by atoms with Gasteiger partial charge in [0.25, 0.3) is 10.2 Å². The van der Waals surface area contributed by atoms with Crippen LogP contribution in [0.4, 0.5) is 0 Å². The summed E-state index contributed by atoms with van der Waals surface area (Å²) in [6.45, 7) is 4.17. The molecule has 1 unspecified atom stereocenters. The molecular weight excluding hydrogens is 288 g/mol. The van der Waals surface area contributed by atoms with Gasteiger partial charge < -0.3 is 5.11 Å². The highest BCUT2D eigenvalue weighted by molar-refractivity contribution is 7.87. The summed E-state index contributed by atoms with van der Waals surface area (Å²) in [7, 11) is -3.56. The molecule has 0 saturated heterocycles. The van der Waals surface area contributed by atoms with Gasteiger partial charge in [-0.1, -0.05) is 43.6 Å². The predicted octanol–water partition coefficient (Wildman–Crippen LogP) is 1.55. The zero-order chi connectivity index (χ0) is 14.5. The van der Waals surface area contributed by atoms with Gasteiger partial charge in [0.15, 0.2) is 0 Å². The van der Waals surface area contributed by atoms with E-state index < -0.39 is 16.3 Å². The summed E-state index contributed by atoms with van der Waals surface area (Å²) >= 11 is 5.94. The standard InChI is InChI=1S/C12H19ClN2O3S/c1-3-15(4-2)19(17,18)14-9-12(16)10-7-5-6-8-11(10)13/h5-8,12,14,16H,3-4,9H2,1-2H3. The lowest BCUT2D eigenvalue weighted by atomic mass is 10.1. The second-order valence-electron chi connectivity index (χ2n) is 3.98. The molecule has 5 nitrogen and oxygen atoms in total. The van der Waals surface area contributed by atoms with Crippen molar-refractivity contribution in [2.45, 2.75) is 20.0 Å². The summed E-state index contributed by atoms with van der Waals surface area (Å²) in [5, 5.41) is 10.4. The first-order valence-corrected chi connectivity index (χ1v) is 7.91. The second-order valence-corrected chi connectivity index (χ2v) is 6.14. The van der Waals surface area contributed by atoms with E-state index in [1.807, 2.05) is 0 Å². The maximum Gasteiger partial charge on any atom is 0.279 e. The molecule has 1 aromatic rings. The molecule has 0 fully saturated rings. The Hall–Kier alpha value is -0.660. The van der Waals surface area contributed by atoms with Crippen LogP contribution in [0.2, 0.25) is 5.02 Å². The molecule has 0 aliphatic heterocycles. The molecule has 0 aliphatic rings. The molecule has 108 valence electrons. The van der Waals surface area contributed by atoms with Crippen LogP contribution in [0, 0.1) is 0 Å². The fourth-order valence-electron chi connectivity index (χ4n) is 1.69. The van der Waals surface area contributed by atoms with Crippen LogP contribution < -0.4 is 4.72 Å². The highest BCUT2D eigenvalue weighted by Crippen LogP contribution is 2.22. The normalized spacial score (nSPS) is 13.7. The molecule has 7 heteroatoms. The van der Waals surface area contributed by atoms with Crippen LogP contribution in [-0.4, -0.2) is 37.5 Å². The molecule has 1 aromatic carbocycles. The van der Waals surface area contributed by atoms with Gasteiger partial charge in [0.1, 0.15) is 0 Å². The molecule has 0 aliphatic carbocycles. The van der Waals surface area contributed by atoms with E-state index in [4.69, 9.17) is 11.6 Å². The molecule has 0 heterocycles. The maximum atomic E-state index is 11.9. The van der Waals surface area contributed by atoms with E-state index in [1.165, 1.54) is 4.31 Å². The minimum atomic E-state index is -3.56. The monoisotopic (exact) mass is 306 g/mol. The molecule has 1 rings (SSSR count). The molecule has 1 atom stereocenters. The Morgan fingerprint density at radius 1 is 1.32 bits per heavy atom. The molecule has 0 bridgehead atoms. The van der Waals surface area contributed by atoms with Gasteiger partial charge >= 0.3 is 0 Å². The average Bonchev–Trinajstić information content (AvgIpc) is 2.38. The number of benzene rings is 1. The highest BCUT2D eigenvalue weighted by Gasteiger charge is 2.20. The lowest BCUT2D eigenvalue weighted by molar-refractivity contribution is 0.181. The zero-order valence-electron chi connectivity index (χ0n) is 11.0. The first-order chi connectivity index (χ1) is 8.92. The summed E-state index contributed by atoms with van der Waals surface area (Å²) in [5.41, 5.74) is 0.506. The minimum absolute atomic E-state index is 0.109. The molecule has 0 radical (unpaired) electrons. The van der Waals surface area contributed by atoms with E-state index in [2.05, 4.69) is 4.72 Å². The van der Waals surface area contributed by atoms with E-state index >= 15 is 0 Å². The number of aliphatic hydroxyl groups is 1. The summed E-state index contributed by atoms with van der Waals surface area (Å²) in [5.74, 6) is 0. The van der Waals surface area contributed by atoms with Crippen molar-refractivity contribution in [3.05, 3.63) is 34.9 Å². The fourth-order valence-corrected chi connectivity index (χ4v) is 3.19. The maximum absolute atomic E-state index is 11.9. The van der Waals surface area contributed by atoms with Gasteiger partial charge in [-0.25, -0.2) is 0 Å². The van der Waals surface area contributed by atoms with Gasteiger partial charge in [0.2, 0.25) is 0 Å². The Morgan fingerprint density at radius 2 is 1.89 bits per heavy atom. The Kier molecular flexibility index (Phi) is 6.22. The first kappa shape index (κ1) is 16.4. The third-order valence-corrected chi connectivity index (χ3v) is 4.84. The van der Waals surface area contributed by atoms with Gasteiger partial charge in [-0.15, -0.1) is 0 Å². The fraction of sp³-hybridized carbons (Fsp3) is 0.500. The van der Waals surface area contributed by atoms with Gasteiger partial charge in [-0.3, -0.25) is 0 Å². The Labute approximate surface area is 119 Å². The van der Waals surface area contributed by atoms with Crippen molar-refractivity contribution in [3.8, 4) is 0 Å². The van der Waals surface area contributed by atoms with Crippen molar-refractivity contribution in [2.24, 2.45) is 0 Å². The van der Waals surface area contributed by atoms with E-state index in [0.717, 1.165) is 0 Å². The number of hydrogen-bond acceptors (Lipinski definition) is 3. The van der Waals surface area contributed by atoms with Crippen LogP contribution in [0.3, 0.4) is 0 Å². The van der Waals surface area contributed by atoms with Gasteiger partial charge in [0.05, 0.1) is 6.10 Å². The van der Waals surface area contributed by atoms with E-state index in [0.29, 0.717) is 23.7 Å². The summed E-state index contributed by atoms with van der Waals surface area (Å²) in [6.07, 6.45) is -0.973. The number of nitrogens with one attached hydrogen (secondary N) is 1. The second kappa shape index (κ2) is 7.21. The molecule has 0 saturated carbocycles. The van der Waals surface area contributed by atoms with Crippen LogP contribution in [0.15, 0.2) is 24.3 Å². The number of nitrogens with zero attached hydrogens (tertiary/aromatic N) is 1.